The van der Waals surface area contributed by atoms with Gasteiger partial charge >= 0.3 is 0 Å². The summed E-state index contributed by atoms with van der Waals surface area (Å²) in [6, 6.07) is 51.9. The van der Waals surface area contributed by atoms with Crippen LogP contribution in [0.3, 0.4) is 0 Å². The van der Waals surface area contributed by atoms with Crippen LogP contribution >= 0.6 is 47.0 Å². The molecule has 0 aliphatic rings. The lowest BCUT2D eigenvalue weighted by molar-refractivity contribution is 1.30. The molecule has 0 heterocycles. The lowest BCUT2D eigenvalue weighted by atomic mass is 10.1. The summed E-state index contributed by atoms with van der Waals surface area (Å²) in [4.78, 5) is 10.1. The topological polar surface area (TPSA) is 0 Å². The van der Waals surface area contributed by atoms with Gasteiger partial charge in [0.1, 0.15) is 0 Å². The van der Waals surface area contributed by atoms with Crippen LogP contribution in [-0.2, 0) is 0 Å². The summed E-state index contributed by atoms with van der Waals surface area (Å²) in [7, 11) is 0. The van der Waals surface area contributed by atoms with Crippen molar-refractivity contribution < 1.29 is 0 Å². The molecule has 0 fully saturated rings. The van der Waals surface area contributed by atoms with Crippen molar-refractivity contribution in [3.8, 4) is 0 Å². The second-order valence-corrected chi connectivity index (χ2v) is 13.0. The van der Waals surface area contributed by atoms with Gasteiger partial charge in [0, 0.05) is 49.9 Å². The van der Waals surface area contributed by atoms with E-state index < -0.39 is 0 Å². The van der Waals surface area contributed by atoms with E-state index in [2.05, 4.69) is 146 Å². The maximum absolute atomic E-state index is 2.30. The first-order valence-electron chi connectivity index (χ1n) is 12.3. The highest BCUT2D eigenvalue weighted by Crippen LogP contribution is 2.49. The highest BCUT2D eigenvalue weighted by atomic mass is 32.2. The Kier molecular flexibility index (Phi) is 8.13. The van der Waals surface area contributed by atoms with E-state index in [9.17, 15) is 0 Å². The van der Waals surface area contributed by atoms with Gasteiger partial charge in [0.05, 0.1) is 0 Å². The Morgan fingerprint density at radius 2 is 0.447 bits per heavy atom. The monoisotopic (exact) mass is 560 g/mol. The largest absolute Gasteiger partial charge is 0.0894 e. The Morgan fingerprint density at radius 3 is 0.658 bits per heavy atom. The molecule has 0 saturated carbocycles. The van der Waals surface area contributed by atoms with Crippen LogP contribution in [0, 0.1) is 0 Å². The van der Waals surface area contributed by atoms with Crippen LogP contribution in [0.4, 0.5) is 0 Å². The van der Waals surface area contributed by atoms with Crippen molar-refractivity contribution in [1.82, 2.24) is 0 Å². The summed E-state index contributed by atoms with van der Waals surface area (Å²) >= 11 is 7.36. The van der Waals surface area contributed by atoms with E-state index in [-0.39, 0.29) is 0 Å². The van der Waals surface area contributed by atoms with Crippen molar-refractivity contribution in [3.05, 3.63) is 146 Å². The van der Waals surface area contributed by atoms with Crippen LogP contribution in [0.5, 0.6) is 0 Å². The fourth-order valence-corrected chi connectivity index (χ4v) is 8.29. The lowest BCUT2D eigenvalue weighted by Gasteiger charge is -2.18. The molecule has 0 N–H and O–H groups in total. The molecule has 0 radical (unpaired) electrons. The second-order valence-electron chi connectivity index (χ2n) is 8.53. The van der Waals surface area contributed by atoms with E-state index >= 15 is 0 Å². The molecular formula is C34H24S4. The first kappa shape index (κ1) is 25.3. The van der Waals surface area contributed by atoms with Gasteiger partial charge in [-0.15, -0.1) is 0 Å². The van der Waals surface area contributed by atoms with Crippen molar-refractivity contribution in [3.63, 3.8) is 0 Å². The summed E-state index contributed by atoms with van der Waals surface area (Å²) in [6.45, 7) is 0. The molecule has 0 amide bonds. The van der Waals surface area contributed by atoms with Crippen molar-refractivity contribution in [1.29, 1.82) is 0 Å². The van der Waals surface area contributed by atoms with Crippen LogP contribution in [0.25, 0.3) is 10.8 Å². The number of fused-ring (bicyclic) bond motifs is 1. The van der Waals surface area contributed by atoms with Gasteiger partial charge < -0.3 is 0 Å². The minimum atomic E-state index is 1.24. The van der Waals surface area contributed by atoms with Gasteiger partial charge in [-0.1, -0.05) is 120 Å². The average molecular weight is 561 g/mol. The lowest BCUT2D eigenvalue weighted by Crippen LogP contribution is -1.89. The molecule has 0 aliphatic carbocycles. The number of hydrogen-bond donors (Lipinski definition) is 0. The minimum Gasteiger partial charge on any atom is -0.0894 e. The predicted molar refractivity (Wildman–Crippen MR) is 166 cm³/mol. The SMILES string of the molecule is c1ccc(Sc2ccc(Sc3ccccc3)c3c(Sc4ccccc4)ccc(Sc4ccccc4)c23)cc1. The first-order chi connectivity index (χ1) is 18.8. The fraction of sp³-hybridized carbons (Fsp3) is 0. The molecule has 0 aliphatic heterocycles. The van der Waals surface area contributed by atoms with Crippen molar-refractivity contribution in [2.45, 2.75) is 39.2 Å². The molecule has 6 rings (SSSR count). The van der Waals surface area contributed by atoms with Gasteiger partial charge in [-0.2, -0.15) is 0 Å². The van der Waals surface area contributed by atoms with E-state index in [1.807, 2.05) is 47.0 Å². The van der Waals surface area contributed by atoms with E-state index in [4.69, 9.17) is 0 Å². The zero-order valence-electron chi connectivity index (χ0n) is 20.5. The molecule has 0 unspecified atom stereocenters. The van der Waals surface area contributed by atoms with E-state index in [1.54, 1.807) is 0 Å². The zero-order valence-corrected chi connectivity index (χ0v) is 23.8. The van der Waals surface area contributed by atoms with Gasteiger partial charge in [-0.05, 0) is 72.8 Å². The highest BCUT2D eigenvalue weighted by Gasteiger charge is 2.18. The van der Waals surface area contributed by atoms with Crippen molar-refractivity contribution >= 4 is 57.8 Å². The standard InChI is InChI=1S/C34H24S4/c1-5-13-25(14-6-1)35-29-21-22-31(37-27-17-9-3-10-18-27)34-32(38-28-19-11-4-12-20-28)24-23-30(33(29)34)36-26-15-7-2-8-16-26/h1-24H. The minimum absolute atomic E-state index is 1.24. The molecule has 0 aromatic heterocycles. The van der Waals surface area contributed by atoms with E-state index in [0.29, 0.717) is 0 Å². The predicted octanol–water partition coefficient (Wildman–Crippen LogP) is 11.4. The van der Waals surface area contributed by atoms with Gasteiger partial charge in [0.25, 0.3) is 0 Å². The molecule has 6 aromatic rings. The van der Waals surface area contributed by atoms with Crippen LogP contribution < -0.4 is 0 Å². The van der Waals surface area contributed by atoms with Crippen molar-refractivity contribution in [2.24, 2.45) is 0 Å². The van der Waals surface area contributed by atoms with E-state index in [0.717, 1.165) is 0 Å². The Hall–Kier alpha value is -3.02. The second kappa shape index (κ2) is 12.2. The fourth-order valence-electron chi connectivity index (χ4n) is 4.17. The van der Waals surface area contributed by atoms with Crippen LogP contribution in [0.15, 0.2) is 185 Å². The van der Waals surface area contributed by atoms with E-state index in [1.165, 1.54) is 49.9 Å². The Balaban J connectivity index is 1.57. The number of hydrogen-bond acceptors (Lipinski definition) is 4. The molecular weight excluding hydrogens is 537 g/mol. The molecule has 6 aromatic carbocycles. The van der Waals surface area contributed by atoms with Crippen molar-refractivity contribution in [2.75, 3.05) is 0 Å². The van der Waals surface area contributed by atoms with Gasteiger partial charge in [-0.3, -0.25) is 0 Å². The van der Waals surface area contributed by atoms with Gasteiger partial charge in [0.15, 0.2) is 0 Å². The normalized spacial score (nSPS) is 11.1. The third-order valence-corrected chi connectivity index (χ3v) is 10.2. The molecule has 184 valence electrons. The van der Waals surface area contributed by atoms with Gasteiger partial charge in [0.2, 0.25) is 0 Å². The zero-order chi connectivity index (χ0) is 25.6. The maximum Gasteiger partial charge on any atom is 0.0213 e. The molecule has 0 saturated heterocycles. The number of benzene rings is 6. The Morgan fingerprint density at radius 1 is 0.237 bits per heavy atom. The number of rotatable bonds is 8. The summed E-state index contributed by atoms with van der Waals surface area (Å²) in [5.74, 6) is 0. The highest BCUT2D eigenvalue weighted by molar-refractivity contribution is 8.01. The third kappa shape index (κ3) is 6.00. The summed E-state index contributed by atoms with van der Waals surface area (Å²) in [6.07, 6.45) is 0. The van der Waals surface area contributed by atoms with Crippen LogP contribution in [-0.4, -0.2) is 0 Å². The molecule has 38 heavy (non-hydrogen) atoms. The van der Waals surface area contributed by atoms with Gasteiger partial charge in [-0.25, -0.2) is 0 Å². The Labute approximate surface area is 241 Å². The summed E-state index contributed by atoms with van der Waals surface area (Å²) < 4.78 is 0. The molecule has 0 bridgehead atoms. The third-order valence-electron chi connectivity index (χ3n) is 5.89. The maximum atomic E-state index is 2.30. The Bertz CT molecular complexity index is 1390. The summed E-state index contributed by atoms with van der Waals surface area (Å²) in [5.41, 5.74) is 0. The molecule has 0 nitrogen and oxygen atoms in total. The molecule has 0 spiro atoms. The average Bonchev–Trinajstić information content (AvgIpc) is 2.97. The van der Waals surface area contributed by atoms with Crippen LogP contribution in [0.1, 0.15) is 0 Å². The molecule has 4 heteroatoms. The quantitative estimate of drug-likeness (QED) is 0.181. The summed E-state index contributed by atoms with van der Waals surface area (Å²) in [5, 5.41) is 2.63. The first-order valence-corrected chi connectivity index (χ1v) is 15.6. The van der Waals surface area contributed by atoms with Crippen LogP contribution in [0.2, 0.25) is 0 Å². The smallest absolute Gasteiger partial charge is 0.0213 e. The molecule has 0 atom stereocenters.